The van der Waals surface area contributed by atoms with E-state index < -0.39 is 0 Å². The second kappa shape index (κ2) is 5.12. The molecule has 0 saturated carbocycles. The van der Waals surface area contributed by atoms with Gasteiger partial charge in [0.05, 0.1) is 5.69 Å². The molecule has 20 heavy (non-hydrogen) atoms. The second-order valence-electron chi connectivity index (χ2n) is 5.48. The zero-order chi connectivity index (χ0) is 14.0. The number of carbonyl (C=O) groups is 1. The Bertz CT molecular complexity index is 589. The van der Waals surface area contributed by atoms with Crippen molar-refractivity contribution in [3.63, 3.8) is 0 Å². The quantitative estimate of drug-likeness (QED) is 0.927. The van der Waals surface area contributed by atoms with E-state index in [1.807, 2.05) is 16.9 Å². The number of nitrogens with one attached hydrogen (secondary N) is 1. The van der Waals surface area contributed by atoms with Gasteiger partial charge in [-0.25, -0.2) is 4.68 Å². The van der Waals surface area contributed by atoms with Crippen molar-refractivity contribution in [2.75, 3.05) is 0 Å². The van der Waals surface area contributed by atoms with Crippen molar-refractivity contribution in [2.45, 2.75) is 38.1 Å². The molecule has 1 amide bonds. The van der Waals surface area contributed by atoms with Crippen LogP contribution in [-0.4, -0.2) is 21.2 Å². The molecule has 1 N–H and O–H groups in total. The van der Waals surface area contributed by atoms with Gasteiger partial charge in [0, 0.05) is 24.4 Å². The van der Waals surface area contributed by atoms with Gasteiger partial charge in [-0.15, -0.1) is 0 Å². The second-order valence-corrected chi connectivity index (χ2v) is 5.48. The lowest BCUT2D eigenvalue weighted by molar-refractivity contribution is -0.119. The molecule has 104 valence electrons. The SMILES string of the molecule is CCC1(Cc2ccc(-n3cccn3)cc2)CCC(=O)N1. The van der Waals surface area contributed by atoms with Crippen LogP contribution < -0.4 is 5.32 Å². The Hall–Kier alpha value is -2.10. The normalized spacial score (nSPS) is 21.9. The first kappa shape index (κ1) is 12.9. The predicted molar refractivity (Wildman–Crippen MR) is 77.7 cm³/mol. The topological polar surface area (TPSA) is 46.9 Å². The Morgan fingerprint density at radius 2 is 2.15 bits per heavy atom. The lowest BCUT2D eigenvalue weighted by atomic mass is 9.87. The molecule has 4 nitrogen and oxygen atoms in total. The van der Waals surface area contributed by atoms with Gasteiger partial charge >= 0.3 is 0 Å². The molecule has 1 aliphatic rings. The zero-order valence-electron chi connectivity index (χ0n) is 11.7. The molecule has 4 heteroatoms. The van der Waals surface area contributed by atoms with E-state index in [9.17, 15) is 4.79 Å². The molecule has 2 aromatic rings. The fraction of sp³-hybridized carbons (Fsp3) is 0.375. The molecule has 0 radical (unpaired) electrons. The highest BCUT2D eigenvalue weighted by Crippen LogP contribution is 2.28. The summed E-state index contributed by atoms with van der Waals surface area (Å²) in [5, 5.41) is 7.37. The number of carbonyl (C=O) groups excluding carboxylic acids is 1. The van der Waals surface area contributed by atoms with Crippen molar-refractivity contribution in [3.05, 3.63) is 48.3 Å². The summed E-state index contributed by atoms with van der Waals surface area (Å²) in [6.07, 6.45) is 7.16. The third kappa shape index (κ3) is 2.46. The van der Waals surface area contributed by atoms with Crippen LogP contribution in [0.1, 0.15) is 31.7 Å². The molecule has 1 aromatic carbocycles. The van der Waals surface area contributed by atoms with Gasteiger partial charge in [0.2, 0.25) is 5.91 Å². The average Bonchev–Trinajstić information content (AvgIpc) is 3.10. The largest absolute Gasteiger partial charge is 0.350 e. The van der Waals surface area contributed by atoms with Crippen molar-refractivity contribution in [1.82, 2.24) is 15.1 Å². The summed E-state index contributed by atoms with van der Waals surface area (Å²) in [5.74, 6) is 0.181. The van der Waals surface area contributed by atoms with Crippen LogP contribution >= 0.6 is 0 Å². The van der Waals surface area contributed by atoms with Gasteiger partial charge in [-0.05, 0) is 43.0 Å². The summed E-state index contributed by atoms with van der Waals surface area (Å²) >= 11 is 0. The number of benzene rings is 1. The van der Waals surface area contributed by atoms with E-state index in [4.69, 9.17) is 0 Å². The smallest absolute Gasteiger partial charge is 0.220 e. The van der Waals surface area contributed by atoms with Gasteiger partial charge in [0.25, 0.3) is 0 Å². The Labute approximate surface area is 118 Å². The minimum absolute atomic E-state index is 0.0513. The van der Waals surface area contributed by atoms with Crippen molar-refractivity contribution < 1.29 is 4.79 Å². The van der Waals surface area contributed by atoms with Crippen molar-refractivity contribution in [2.24, 2.45) is 0 Å². The van der Waals surface area contributed by atoms with Crippen LogP contribution in [0.25, 0.3) is 5.69 Å². The highest BCUT2D eigenvalue weighted by atomic mass is 16.2. The van der Waals surface area contributed by atoms with Gasteiger partial charge in [0.1, 0.15) is 0 Å². The maximum atomic E-state index is 11.5. The maximum Gasteiger partial charge on any atom is 0.220 e. The number of amides is 1. The van der Waals surface area contributed by atoms with Crippen molar-refractivity contribution >= 4 is 5.91 Å². The number of hydrogen-bond donors (Lipinski definition) is 1. The van der Waals surface area contributed by atoms with E-state index in [2.05, 4.69) is 41.6 Å². The fourth-order valence-corrected chi connectivity index (χ4v) is 2.88. The Morgan fingerprint density at radius 3 is 2.70 bits per heavy atom. The number of hydrogen-bond acceptors (Lipinski definition) is 2. The summed E-state index contributed by atoms with van der Waals surface area (Å²) in [7, 11) is 0. The van der Waals surface area contributed by atoms with Gasteiger partial charge in [-0.1, -0.05) is 19.1 Å². The number of rotatable bonds is 4. The molecule has 1 saturated heterocycles. The first-order valence-corrected chi connectivity index (χ1v) is 7.11. The first-order chi connectivity index (χ1) is 9.71. The molecule has 0 spiro atoms. The molecular formula is C16H19N3O. The molecule has 1 atom stereocenters. The number of nitrogens with zero attached hydrogens (tertiary/aromatic N) is 2. The van der Waals surface area contributed by atoms with Crippen LogP contribution in [0.15, 0.2) is 42.7 Å². The fourth-order valence-electron chi connectivity index (χ4n) is 2.88. The molecule has 2 heterocycles. The third-order valence-corrected chi connectivity index (χ3v) is 4.16. The minimum Gasteiger partial charge on any atom is -0.350 e. The summed E-state index contributed by atoms with van der Waals surface area (Å²) in [4.78, 5) is 11.5. The molecule has 1 aliphatic heterocycles. The van der Waals surface area contributed by atoms with Gasteiger partial charge < -0.3 is 5.32 Å². The maximum absolute atomic E-state index is 11.5. The van der Waals surface area contributed by atoms with E-state index in [-0.39, 0.29) is 11.4 Å². The lowest BCUT2D eigenvalue weighted by Gasteiger charge is -2.28. The highest BCUT2D eigenvalue weighted by molar-refractivity contribution is 5.79. The van der Waals surface area contributed by atoms with Crippen molar-refractivity contribution in [1.29, 1.82) is 0 Å². The summed E-state index contributed by atoms with van der Waals surface area (Å²) in [6, 6.07) is 10.3. The Morgan fingerprint density at radius 1 is 1.35 bits per heavy atom. The lowest BCUT2D eigenvalue weighted by Crippen LogP contribution is -2.42. The zero-order valence-corrected chi connectivity index (χ0v) is 11.7. The van der Waals surface area contributed by atoms with E-state index in [1.54, 1.807) is 6.20 Å². The average molecular weight is 269 g/mol. The monoisotopic (exact) mass is 269 g/mol. The molecule has 1 unspecified atom stereocenters. The molecule has 0 bridgehead atoms. The standard InChI is InChI=1S/C16H19N3O/c1-2-16(9-8-15(20)18-16)12-13-4-6-14(7-5-13)19-11-3-10-17-19/h3-7,10-11H,2,8-9,12H2,1H3,(H,18,20). The van der Waals surface area contributed by atoms with Gasteiger partial charge in [-0.2, -0.15) is 5.10 Å². The molecule has 1 fully saturated rings. The Balaban J connectivity index is 1.76. The van der Waals surface area contributed by atoms with Crippen LogP contribution in [-0.2, 0) is 11.2 Å². The summed E-state index contributed by atoms with van der Waals surface area (Å²) in [6.45, 7) is 2.14. The molecule has 0 aliphatic carbocycles. The van der Waals surface area contributed by atoms with Crippen LogP contribution in [0.5, 0.6) is 0 Å². The van der Waals surface area contributed by atoms with Gasteiger partial charge in [0.15, 0.2) is 0 Å². The summed E-state index contributed by atoms with van der Waals surface area (Å²) in [5.41, 5.74) is 2.26. The predicted octanol–water partition coefficient (Wildman–Crippen LogP) is 2.47. The van der Waals surface area contributed by atoms with E-state index >= 15 is 0 Å². The van der Waals surface area contributed by atoms with Crippen molar-refractivity contribution in [3.8, 4) is 5.69 Å². The van der Waals surface area contributed by atoms with Gasteiger partial charge in [-0.3, -0.25) is 4.79 Å². The number of aromatic nitrogens is 2. The van der Waals surface area contributed by atoms with Crippen LogP contribution in [0.2, 0.25) is 0 Å². The molecule has 3 rings (SSSR count). The van der Waals surface area contributed by atoms with Crippen LogP contribution in [0, 0.1) is 0 Å². The summed E-state index contributed by atoms with van der Waals surface area (Å²) < 4.78 is 1.84. The Kier molecular flexibility index (Phi) is 3.30. The minimum atomic E-state index is -0.0513. The molecule has 1 aromatic heterocycles. The van der Waals surface area contributed by atoms with E-state index in [1.165, 1.54) is 5.56 Å². The van der Waals surface area contributed by atoms with E-state index in [0.29, 0.717) is 6.42 Å². The van der Waals surface area contributed by atoms with E-state index in [0.717, 1.165) is 24.9 Å². The van der Waals surface area contributed by atoms with Crippen LogP contribution in [0.4, 0.5) is 0 Å². The van der Waals surface area contributed by atoms with Crippen LogP contribution in [0.3, 0.4) is 0 Å². The highest BCUT2D eigenvalue weighted by Gasteiger charge is 2.35. The first-order valence-electron chi connectivity index (χ1n) is 7.11. The molecular weight excluding hydrogens is 250 g/mol. The third-order valence-electron chi connectivity index (χ3n) is 4.16.